The van der Waals surface area contributed by atoms with E-state index in [1.807, 2.05) is 12.1 Å². The molecule has 2 aliphatic rings. The van der Waals surface area contributed by atoms with Crippen LogP contribution in [0.3, 0.4) is 0 Å². The van der Waals surface area contributed by atoms with Gasteiger partial charge in [-0.05, 0) is 43.4 Å². The van der Waals surface area contributed by atoms with Gasteiger partial charge in [-0.25, -0.2) is 0 Å². The van der Waals surface area contributed by atoms with Crippen LogP contribution in [0, 0.1) is 5.92 Å². The van der Waals surface area contributed by atoms with Crippen molar-refractivity contribution in [1.82, 2.24) is 15.6 Å². The molecule has 4 heteroatoms. The number of carbonyl (C=O) groups excluding carboxylic acids is 1. The fourth-order valence-electron chi connectivity index (χ4n) is 3.12. The van der Waals surface area contributed by atoms with Gasteiger partial charge in [0.1, 0.15) is 0 Å². The van der Waals surface area contributed by atoms with Gasteiger partial charge >= 0.3 is 0 Å². The van der Waals surface area contributed by atoms with Crippen LogP contribution in [0.4, 0.5) is 0 Å². The predicted octanol–water partition coefficient (Wildman–Crippen LogP) is 0.881. The summed E-state index contributed by atoms with van der Waals surface area (Å²) >= 11 is 0. The molecule has 1 amide bonds. The zero-order valence-corrected chi connectivity index (χ0v) is 10.4. The first-order valence-corrected chi connectivity index (χ1v) is 6.75. The Balaban J connectivity index is 1.45. The van der Waals surface area contributed by atoms with Crippen LogP contribution in [0.1, 0.15) is 24.8 Å². The molecule has 96 valence electrons. The Morgan fingerprint density at radius 3 is 2.89 bits per heavy atom. The van der Waals surface area contributed by atoms with E-state index in [1.54, 1.807) is 12.4 Å². The van der Waals surface area contributed by atoms with E-state index in [1.165, 1.54) is 12.0 Å². The average Bonchev–Trinajstić information content (AvgIpc) is 3.02. The van der Waals surface area contributed by atoms with Gasteiger partial charge in [0.15, 0.2) is 0 Å². The summed E-state index contributed by atoms with van der Waals surface area (Å²) in [4.78, 5) is 16.0. The van der Waals surface area contributed by atoms with Crippen molar-refractivity contribution in [3.05, 3.63) is 30.1 Å². The lowest BCUT2D eigenvalue weighted by Gasteiger charge is -2.19. The summed E-state index contributed by atoms with van der Waals surface area (Å²) in [5, 5.41) is 6.56. The van der Waals surface area contributed by atoms with Gasteiger partial charge in [0.05, 0.1) is 5.92 Å². The molecule has 1 aromatic rings. The number of nitrogens with one attached hydrogen (secondary N) is 2. The number of hydrogen-bond donors (Lipinski definition) is 2. The SMILES string of the molecule is O=C(NCCc1ccncc1)C1CC2CCC1N2. The van der Waals surface area contributed by atoms with Gasteiger partial charge in [0, 0.05) is 31.0 Å². The van der Waals surface area contributed by atoms with E-state index in [-0.39, 0.29) is 11.8 Å². The Hall–Kier alpha value is -1.42. The lowest BCUT2D eigenvalue weighted by atomic mass is 9.88. The van der Waals surface area contributed by atoms with Crippen molar-refractivity contribution in [1.29, 1.82) is 0 Å². The molecule has 1 aromatic heterocycles. The molecule has 3 rings (SSSR count). The summed E-state index contributed by atoms with van der Waals surface area (Å²) in [5.74, 6) is 0.421. The van der Waals surface area contributed by atoms with Crippen LogP contribution >= 0.6 is 0 Å². The van der Waals surface area contributed by atoms with Gasteiger partial charge in [-0.3, -0.25) is 9.78 Å². The van der Waals surface area contributed by atoms with E-state index in [2.05, 4.69) is 15.6 Å². The second-order valence-electron chi connectivity index (χ2n) is 5.29. The highest BCUT2D eigenvalue weighted by Gasteiger charge is 2.42. The standard InChI is InChI=1S/C14H19N3O/c18-14(12-9-11-1-2-13(12)17-11)16-8-5-10-3-6-15-7-4-10/h3-4,6-7,11-13,17H,1-2,5,8-9H2,(H,16,18). The molecule has 2 saturated heterocycles. The summed E-state index contributed by atoms with van der Waals surface area (Å²) in [5.41, 5.74) is 1.22. The molecule has 0 aromatic carbocycles. The maximum absolute atomic E-state index is 12.1. The minimum absolute atomic E-state index is 0.196. The summed E-state index contributed by atoms with van der Waals surface area (Å²) in [6, 6.07) is 5.00. The smallest absolute Gasteiger partial charge is 0.224 e. The van der Waals surface area contributed by atoms with E-state index in [9.17, 15) is 4.79 Å². The highest BCUT2D eigenvalue weighted by Crippen LogP contribution is 2.33. The summed E-state index contributed by atoms with van der Waals surface area (Å²) < 4.78 is 0. The second kappa shape index (κ2) is 5.06. The van der Waals surface area contributed by atoms with E-state index in [0.29, 0.717) is 12.1 Å². The molecule has 0 spiro atoms. The first-order chi connectivity index (χ1) is 8.83. The van der Waals surface area contributed by atoms with Crippen LogP contribution in [0.15, 0.2) is 24.5 Å². The third-order valence-corrected chi connectivity index (χ3v) is 4.10. The third-order valence-electron chi connectivity index (χ3n) is 4.10. The number of fused-ring (bicyclic) bond motifs is 2. The lowest BCUT2D eigenvalue weighted by Crippen LogP contribution is -2.38. The van der Waals surface area contributed by atoms with Crippen molar-refractivity contribution in [3.8, 4) is 0 Å². The summed E-state index contributed by atoms with van der Waals surface area (Å²) in [6.45, 7) is 0.719. The van der Waals surface area contributed by atoms with Gasteiger partial charge < -0.3 is 10.6 Å². The second-order valence-corrected chi connectivity index (χ2v) is 5.29. The molecule has 2 N–H and O–H groups in total. The van der Waals surface area contributed by atoms with Crippen LogP contribution in [0.2, 0.25) is 0 Å². The number of hydrogen-bond acceptors (Lipinski definition) is 3. The Morgan fingerprint density at radius 2 is 2.22 bits per heavy atom. The van der Waals surface area contributed by atoms with Gasteiger partial charge in [-0.1, -0.05) is 0 Å². The fourth-order valence-corrected chi connectivity index (χ4v) is 3.12. The highest BCUT2D eigenvalue weighted by molar-refractivity contribution is 5.80. The largest absolute Gasteiger partial charge is 0.355 e. The number of aromatic nitrogens is 1. The predicted molar refractivity (Wildman–Crippen MR) is 69.0 cm³/mol. The van der Waals surface area contributed by atoms with Crippen molar-refractivity contribution in [2.45, 2.75) is 37.8 Å². The molecule has 3 atom stereocenters. The van der Waals surface area contributed by atoms with Crippen molar-refractivity contribution >= 4 is 5.91 Å². The lowest BCUT2D eigenvalue weighted by molar-refractivity contribution is -0.125. The van der Waals surface area contributed by atoms with Gasteiger partial charge in [-0.2, -0.15) is 0 Å². The minimum Gasteiger partial charge on any atom is -0.355 e. The molecule has 18 heavy (non-hydrogen) atoms. The van der Waals surface area contributed by atoms with Crippen molar-refractivity contribution in [3.63, 3.8) is 0 Å². The van der Waals surface area contributed by atoms with Gasteiger partial charge in [-0.15, -0.1) is 0 Å². The van der Waals surface area contributed by atoms with Crippen LogP contribution in [0.25, 0.3) is 0 Å². The van der Waals surface area contributed by atoms with E-state index >= 15 is 0 Å². The summed E-state index contributed by atoms with van der Waals surface area (Å²) in [6.07, 6.45) is 7.88. The average molecular weight is 245 g/mol. The molecule has 0 aliphatic carbocycles. The summed E-state index contributed by atoms with van der Waals surface area (Å²) in [7, 11) is 0. The molecule has 0 saturated carbocycles. The first kappa shape index (κ1) is 11.7. The van der Waals surface area contributed by atoms with Gasteiger partial charge in [0.25, 0.3) is 0 Å². The van der Waals surface area contributed by atoms with Crippen molar-refractivity contribution < 1.29 is 4.79 Å². The van der Waals surface area contributed by atoms with Crippen LogP contribution < -0.4 is 10.6 Å². The first-order valence-electron chi connectivity index (χ1n) is 6.75. The molecule has 2 aliphatic heterocycles. The Bertz CT molecular complexity index is 420. The number of carbonyl (C=O) groups is 1. The van der Waals surface area contributed by atoms with Crippen LogP contribution in [-0.2, 0) is 11.2 Å². The van der Waals surface area contributed by atoms with Crippen LogP contribution in [0.5, 0.6) is 0 Å². The number of amides is 1. The van der Waals surface area contributed by atoms with Gasteiger partial charge in [0.2, 0.25) is 5.91 Å². The molecule has 4 nitrogen and oxygen atoms in total. The molecule has 3 unspecified atom stereocenters. The number of nitrogens with zero attached hydrogens (tertiary/aromatic N) is 1. The van der Waals surface area contributed by atoms with E-state index in [4.69, 9.17) is 0 Å². The van der Waals surface area contributed by atoms with Crippen LogP contribution in [-0.4, -0.2) is 29.5 Å². The molecular formula is C14H19N3O. The van der Waals surface area contributed by atoms with Crippen molar-refractivity contribution in [2.24, 2.45) is 5.92 Å². The fraction of sp³-hybridized carbons (Fsp3) is 0.571. The highest BCUT2D eigenvalue weighted by atomic mass is 16.1. The normalized spacial score (nSPS) is 29.4. The number of rotatable bonds is 4. The Labute approximate surface area is 107 Å². The number of pyridine rings is 1. The Kier molecular flexibility index (Phi) is 3.28. The zero-order valence-electron chi connectivity index (χ0n) is 10.4. The maximum Gasteiger partial charge on any atom is 0.224 e. The molecule has 3 heterocycles. The van der Waals surface area contributed by atoms with E-state index in [0.717, 1.165) is 25.8 Å². The minimum atomic E-state index is 0.196. The Morgan fingerprint density at radius 1 is 1.39 bits per heavy atom. The molecule has 2 bridgehead atoms. The van der Waals surface area contributed by atoms with Crippen molar-refractivity contribution in [2.75, 3.05) is 6.54 Å². The third kappa shape index (κ3) is 2.38. The monoisotopic (exact) mass is 245 g/mol. The molecule has 0 radical (unpaired) electrons. The molecule has 2 fully saturated rings. The molecular weight excluding hydrogens is 226 g/mol. The van der Waals surface area contributed by atoms with E-state index < -0.39 is 0 Å². The quantitative estimate of drug-likeness (QED) is 0.828. The zero-order chi connectivity index (χ0) is 12.4. The maximum atomic E-state index is 12.1. The topological polar surface area (TPSA) is 54.0 Å².